The number of nitrogens with one attached hydrogen (secondary N) is 1. The lowest BCUT2D eigenvalue weighted by molar-refractivity contribution is 0.0441. The molecule has 1 fully saturated rings. The first-order chi connectivity index (χ1) is 7.34. The van der Waals surface area contributed by atoms with E-state index in [1.165, 1.54) is 12.1 Å². The first-order valence-electron chi connectivity index (χ1n) is 5.05. The fraction of sp³-hybridized carbons (Fsp3) is 0.455. The molecule has 0 saturated carbocycles. The fourth-order valence-electron chi connectivity index (χ4n) is 1.45. The van der Waals surface area contributed by atoms with Gasteiger partial charge < -0.3 is 10.1 Å². The topological polar surface area (TPSA) is 21.3 Å². The van der Waals surface area contributed by atoms with Crippen LogP contribution in [0.5, 0.6) is 0 Å². The third-order valence-corrected chi connectivity index (χ3v) is 3.40. The number of hydrogen-bond acceptors (Lipinski definition) is 3. The average Bonchev–Trinajstić information content (AvgIpc) is 2.30. The Morgan fingerprint density at radius 3 is 2.87 bits per heavy atom. The molecule has 1 N–H and O–H groups in total. The lowest BCUT2D eigenvalue weighted by atomic mass is 10.3. The third-order valence-electron chi connectivity index (χ3n) is 2.25. The Morgan fingerprint density at radius 1 is 1.40 bits per heavy atom. The molecule has 0 aromatic heterocycles. The minimum Gasteiger partial charge on any atom is -0.375 e. The Hall–Kier alpha value is -0.580. The molecule has 1 saturated heterocycles. The van der Waals surface area contributed by atoms with Crippen molar-refractivity contribution in [2.45, 2.75) is 11.0 Å². The highest BCUT2D eigenvalue weighted by molar-refractivity contribution is 7.99. The van der Waals surface area contributed by atoms with Crippen molar-refractivity contribution in [2.24, 2.45) is 0 Å². The van der Waals surface area contributed by atoms with Crippen LogP contribution in [0.2, 0.25) is 0 Å². The van der Waals surface area contributed by atoms with E-state index in [9.17, 15) is 4.39 Å². The van der Waals surface area contributed by atoms with Gasteiger partial charge in [0.25, 0.3) is 0 Å². The minimum absolute atomic E-state index is 0.185. The van der Waals surface area contributed by atoms with E-state index in [0.717, 1.165) is 30.3 Å². The molecule has 0 aliphatic carbocycles. The lowest BCUT2D eigenvalue weighted by Crippen LogP contribution is -2.39. The summed E-state index contributed by atoms with van der Waals surface area (Å²) in [5.41, 5.74) is 0. The number of halogens is 1. The van der Waals surface area contributed by atoms with E-state index < -0.39 is 0 Å². The van der Waals surface area contributed by atoms with E-state index in [1.54, 1.807) is 23.9 Å². The predicted octanol–water partition coefficient (Wildman–Crippen LogP) is 1.91. The molecule has 0 bridgehead atoms. The molecule has 1 aromatic carbocycles. The van der Waals surface area contributed by atoms with E-state index in [-0.39, 0.29) is 11.9 Å². The molecule has 1 heterocycles. The summed E-state index contributed by atoms with van der Waals surface area (Å²) in [5, 5.41) is 3.28. The normalized spacial score (nSPS) is 21.5. The summed E-state index contributed by atoms with van der Waals surface area (Å²) < 4.78 is 18.2. The number of rotatable bonds is 3. The number of morpholine rings is 1. The maximum Gasteiger partial charge on any atom is 0.123 e. The van der Waals surface area contributed by atoms with Gasteiger partial charge in [-0.2, -0.15) is 0 Å². The van der Waals surface area contributed by atoms with Crippen LogP contribution in [0.25, 0.3) is 0 Å². The molecule has 1 aliphatic heterocycles. The summed E-state index contributed by atoms with van der Waals surface area (Å²) in [6.45, 7) is 2.64. The van der Waals surface area contributed by atoms with Gasteiger partial charge in [-0.15, -0.1) is 11.8 Å². The smallest absolute Gasteiger partial charge is 0.123 e. The van der Waals surface area contributed by atoms with E-state index in [1.807, 2.05) is 0 Å². The number of hydrogen-bond donors (Lipinski definition) is 1. The van der Waals surface area contributed by atoms with E-state index in [0.29, 0.717) is 0 Å². The second-order valence-electron chi connectivity index (χ2n) is 3.46. The number of ether oxygens (including phenoxy) is 1. The summed E-state index contributed by atoms with van der Waals surface area (Å²) in [6.07, 6.45) is 0.272. The van der Waals surface area contributed by atoms with E-state index >= 15 is 0 Å². The lowest BCUT2D eigenvalue weighted by Gasteiger charge is -2.23. The van der Waals surface area contributed by atoms with Crippen LogP contribution < -0.4 is 5.32 Å². The molecule has 4 heteroatoms. The number of thioether (sulfide) groups is 1. The Bertz CT molecular complexity index is 298. The van der Waals surface area contributed by atoms with Gasteiger partial charge >= 0.3 is 0 Å². The van der Waals surface area contributed by atoms with Crippen LogP contribution in [-0.4, -0.2) is 31.6 Å². The molecular weight excluding hydrogens is 213 g/mol. The molecule has 82 valence electrons. The summed E-state index contributed by atoms with van der Waals surface area (Å²) in [5.74, 6) is 0.730. The second kappa shape index (κ2) is 5.49. The molecule has 0 amide bonds. The van der Waals surface area contributed by atoms with Gasteiger partial charge in [0.1, 0.15) is 5.82 Å². The van der Waals surface area contributed by atoms with Crippen LogP contribution in [0.3, 0.4) is 0 Å². The Labute approximate surface area is 93.2 Å². The zero-order valence-electron chi connectivity index (χ0n) is 8.41. The van der Waals surface area contributed by atoms with Gasteiger partial charge in [0.05, 0.1) is 12.7 Å². The molecule has 1 atom stereocenters. The van der Waals surface area contributed by atoms with E-state index in [4.69, 9.17) is 4.74 Å². The molecule has 0 radical (unpaired) electrons. The molecule has 15 heavy (non-hydrogen) atoms. The van der Waals surface area contributed by atoms with Crippen molar-refractivity contribution in [3.8, 4) is 0 Å². The largest absolute Gasteiger partial charge is 0.375 e. The Kier molecular flexibility index (Phi) is 4.00. The first kappa shape index (κ1) is 10.9. The van der Waals surface area contributed by atoms with Crippen LogP contribution in [-0.2, 0) is 4.74 Å². The van der Waals surface area contributed by atoms with Crippen LogP contribution in [0.4, 0.5) is 4.39 Å². The Morgan fingerprint density at radius 2 is 2.20 bits per heavy atom. The summed E-state index contributed by atoms with van der Waals surface area (Å²) >= 11 is 1.70. The van der Waals surface area contributed by atoms with Gasteiger partial charge in [0.2, 0.25) is 0 Å². The zero-order valence-corrected chi connectivity index (χ0v) is 9.23. The highest BCUT2D eigenvalue weighted by atomic mass is 32.2. The van der Waals surface area contributed by atoms with Crippen molar-refractivity contribution in [1.82, 2.24) is 5.32 Å². The van der Waals surface area contributed by atoms with Crippen molar-refractivity contribution in [3.05, 3.63) is 30.1 Å². The SMILES string of the molecule is Fc1ccc(SCC2CNCCO2)cc1. The zero-order chi connectivity index (χ0) is 10.5. The van der Waals surface area contributed by atoms with Crippen molar-refractivity contribution < 1.29 is 9.13 Å². The van der Waals surface area contributed by atoms with Gasteiger partial charge in [-0.05, 0) is 24.3 Å². The highest BCUT2D eigenvalue weighted by Gasteiger charge is 2.13. The number of benzene rings is 1. The van der Waals surface area contributed by atoms with Gasteiger partial charge in [-0.1, -0.05) is 0 Å². The quantitative estimate of drug-likeness (QED) is 0.797. The maximum atomic E-state index is 12.6. The highest BCUT2D eigenvalue weighted by Crippen LogP contribution is 2.20. The second-order valence-corrected chi connectivity index (χ2v) is 4.56. The Balaban J connectivity index is 1.79. The van der Waals surface area contributed by atoms with Crippen LogP contribution in [0, 0.1) is 5.82 Å². The molecule has 1 aromatic rings. The van der Waals surface area contributed by atoms with Crippen molar-refractivity contribution in [2.75, 3.05) is 25.4 Å². The summed E-state index contributed by atoms with van der Waals surface area (Å²) in [7, 11) is 0. The first-order valence-corrected chi connectivity index (χ1v) is 6.04. The van der Waals surface area contributed by atoms with Gasteiger partial charge in [0, 0.05) is 23.7 Å². The molecule has 1 aliphatic rings. The summed E-state index contributed by atoms with van der Waals surface area (Å²) in [6, 6.07) is 6.58. The molecule has 0 spiro atoms. The van der Waals surface area contributed by atoms with Crippen LogP contribution >= 0.6 is 11.8 Å². The third kappa shape index (κ3) is 3.48. The van der Waals surface area contributed by atoms with E-state index in [2.05, 4.69) is 5.32 Å². The van der Waals surface area contributed by atoms with Gasteiger partial charge in [0.15, 0.2) is 0 Å². The monoisotopic (exact) mass is 227 g/mol. The maximum absolute atomic E-state index is 12.6. The average molecular weight is 227 g/mol. The summed E-state index contributed by atoms with van der Waals surface area (Å²) in [4.78, 5) is 1.09. The minimum atomic E-state index is -0.185. The standard InChI is InChI=1S/C11H14FNOS/c12-9-1-3-11(4-2-9)15-8-10-7-13-5-6-14-10/h1-4,10,13H,5-8H2. The molecule has 1 unspecified atom stereocenters. The van der Waals surface area contributed by atoms with Crippen molar-refractivity contribution >= 4 is 11.8 Å². The van der Waals surface area contributed by atoms with Gasteiger partial charge in [-0.3, -0.25) is 0 Å². The fourth-order valence-corrected chi connectivity index (χ4v) is 2.37. The predicted molar refractivity (Wildman–Crippen MR) is 59.7 cm³/mol. The molecule has 2 rings (SSSR count). The molecule has 2 nitrogen and oxygen atoms in total. The molecular formula is C11H14FNOS. The van der Waals surface area contributed by atoms with Crippen LogP contribution in [0.15, 0.2) is 29.2 Å². The van der Waals surface area contributed by atoms with Crippen LogP contribution in [0.1, 0.15) is 0 Å². The van der Waals surface area contributed by atoms with Gasteiger partial charge in [-0.25, -0.2) is 4.39 Å². The van der Waals surface area contributed by atoms with Crippen molar-refractivity contribution in [1.29, 1.82) is 0 Å². The van der Waals surface area contributed by atoms with Crippen molar-refractivity contribution in [3.63, 3.8) is 0 Å².